The van der Waals surface area contributed by atoms with Crippen LogP contribution in [0.25, 0.3) is 0 Å². The average molecular weight is 334 g/mol. The standard InChI is InChI=1S/C18H26N2O2S/c1-14-7-11-17(12-8-14)23(21,22)20-19-18-13-15-5-3-2-4-6-16(18)10-9-15/h7-8,11-12,15-16,20H,2-6,9-10,13H2,1H3/b19-18+/t15-,16-/m0/s1. The highest BCUT2D eigenvalue weighted by Crippen LogP contribution is 2.35. The lowest BCUT2D eigenvalue weighted by Gasteiger charge is -2.28. The third-order valence-corrected chi connectivity index (χ3v) is 6.42. The molecule has 4 nitrogen and oxygen atoms in total. The first-order valence-corrected chi connectivity index (χ1v) is 10.2. The molecule has 3 fully saturated rings. The van der Waals surface area contributed by atoms with Crippen LogP contribution in [0, 0.1) is 18.8 Å². The predicted molar refractivity (Wildman–Crippen MR) is 92.9 cm³/mol. The molecule has 0 heterocycles. The smallest absolute Gasteiger partial charge is 0.200 e. The van der Waals surface area contributed by atoms with Crippen LogP contribution < -0.4 is 4.83 Å². The van der Waals surface area contributed by atoms with Crippen LogP contribution in [-0.4, -0.2) is 14.1 Å². The number of hydrazone groups is 1. The second-order valence-electron chi connectivity index (χ2n) is 6.99. The van der Waals surface area contributed by atoms with Crippen molar-refractivity contribution in [1.82, 2.24) is 4.83 Å². The average Bonchev–Trinajstić information content (AvgIpc) is 2.71. The number of hydrogen-bond donors (Lipinski definition) is 1. The highest BCUT2D eigenvalue weighted by Gasteiger charge is 2.28. The SMILES string of the molecule is Cc1ccc(S(=O)(=O)N/N=C2\C[C@H]3CCCCC[C@H]2CC3)cc1. The van der Waals surface area contributed by atoms with Crippen molar-refractivity contribution in [1.29, 1.82) is 0 Å². The van der Waals surface area contributed by atoms with E-state index in [4.69, 9.17) is 0 Å². The summed E-state index contributed by atoms with van der Waals surface area (Å²) in [7, 11) is -3.56. The summed E-state index contributed by atoms with van der Waals surface area (Å²) in [5.74, 6) is 1.15. The van der Waals surface area contributed by atoms with Gasteiger partial charge in [-0.1, -0.05) is 43.4 Å². The number of rotatable bonds is 3. The van der Waals surface area contributed by atoms with Gasteiger partial charge >= 0.3 is 0 Å². The minimum absolute atomic E-state index is 0.278. The molecule has 3 saturated carbocycles. The van der Waals surface area contributed by atoms with Gasteiger partial charge in [-0.2, -0.15) is 13.5 Å². The van der Waals surface area contributed by atoms with Crippen molar-refractivity contribution in [3.05, 3.63) is 29.8 Å². The van der Waals surface area contributed by atoms with Crippen LogP contribution in [0.5, 0.6) is 0 Å². The molecule has 1 aromatic rings. The first-order chi connectivity index (χ1) is 11.0. The molecule has 126 valence electrons. The molecule has 0 saturated heterocycles. The molecule has 0 spiro atoms. The number of nitrogens with zero attached hydrogens (tertiary/aromatic N) is 1. The Kier molecular flexibility index (Phi) is 5.05. The molecule has 23 heavy (non-hydrogen) atoms. The molecule has 0 amide bonds. The summed E-state index contributed by atoms with van der Waals surface area (Å²) in [5, 5.41) is 4.36. The largest absolute Gasteiger partial charge is 0.276 e. The van der Waals surface area contributed by atoms with Crippen LogP contribution in [0.4, 0.5) is 0 Å². The van der Waals surface area contributed by atoms with Crippen molar-refractivity contribution < 1.29 is 8.42 Å². The second kappa shape index (κ2) is 7.04. The summed E-state index contributed by atoms with van der Waals surface area (Å²) < 4.78 is 24.8. The van der Waals surface area contributed by atoms with E-state index in [1.807, 2.05) is 19.1 Å². The van der Waals surface area contributed by atoms with Gasteiger partial charge in [0, 0.05) is 5.71 Å². The van der Waals surface area contributed by atoms with Gasteiger partial charge in [-0.25, -0.2) is 4.83 Å². The number of nitrogens with one attached hydrogen (secondary N) is 1. The number of fused-ring (bicyclic) bond motifs is 6. The minimum Gasteiger partial charge on any atom is -0.200 e. The molecule has 0 radical (unpaired) electrons. The maximum absolute atomic E-state index is 12.4. The zero-order chi connectivity index (χ0) is 16.3. The number of benzene rings is 1. The van der Waals surface area contributed by atoms with E-state index < -0.39 is 10.0 Å². The maximum atomic E-state index is 12.4. The lowest BCUT2D eigenvalue weighted by molar-refractivity contribution is 0.385. The fourth-order valence-electron chi connectivity index (χ4n) is 3.75. The Morgan fingerprint density at radius 1 is 1.00 bits per heavy atom. The van der Waals surface area contributed by atoms with Crippen LogP contribution in [-0.2, 0) is 10.0 Å². The van der Waals surface area contributed by atoms with Gasteiger partial charge in [0.15, 0.2) is 0 Å². The molecular weight excluding hydrogens is 308 g/mol. The van der Waals surface area contributed by atoms with Crippen LogP contribution in [0.2, 0.25) is 0 Å². The molecule has 2 bridgehead atoms. The normalized spacial score (nSPS) is 27.3. The van der Waals surface area contributed by atoms with Gasteiger partial charge in [-0.05, 0) is 56.6 Å². The van der Waals surface area contributed by atoms with Gasteiger partial charge in [0.1, 0.15) is 0 Å². The number of aryl methyl sites for hydroxylation is 1. The lowest BCUT2D eigenvalue weighted by Crippen LogP contribution is -2.28. The summed E-state index contributed by atoms with van der Waals surface area (Å²) in [6.07, 6.45) is 9.65. The number of hydrogen-bond acceptors (Lipinski definition) is 3. The number of sulfonamides is 1. The Morgan fingerprint density at radius 2 is 1.74 bits per heavy atom. The Morgan fingerprint density at radius 3 is 2.52 bits per heavy atom. The van der Waals surface area contributed by atoms with E-state index >= 15 is 0 Å². The molecule has 2 atom stereocenters. The van der Waals surface area contributed by atoms with Crippen LogP contribution in [0.3, 0.4) is 0 Å². The second-order valence-corrected chi connectivity index (χ2v) is 8.65. The molecule has 1 aromatic carbocycles. The monoisotopic (exact) mass is 334 g/mol. The van der Waals surface area contributed by atoms with Crippen molar-refractivity contribution in [3.8, 4) is 0 Å². The molecule has 0 aromatic heterocycles. The third-order valence-electron chi connectivity index (χ3n) is 5.20. The first kappa shape index (κ1) is 16.5. The highest BCUT2D eigenvalue weighted by atomic mass is 32.2. The van der Waals surface area contributed by atoms with E-state index in [0.29, 0.717) is 11.8 Å². The van der Waals surface area contributed by atoms with E-state index in [2.05, 4.69) is 9.93 Å². The Hall–Kier alpha value is -1.36. The van der Waals surface area contributed by atoms with Crippen molar-refractivity contribution in [2.24, 2.45) is 16.9 Å². The van der Waals surface area contributed by atoms with E-state index in [0.717, 1.165) is 30.5 Å². The molecule has 1 N–H and O–H groups in total. The van der Waals surface area contributed by atoms with Gasteiger partial charge in [-0.3, -0.25) is 0 Å². The Labute approximate surface area is 139 Å². The summed E-state index contributed by atoms with van der Waals surface area (Å²) in [6.45, 7) is 1.94. The van der Waals surface area contributed by atoms with Crippen LogP contribution >= 0.6 is 0 Å². The van der Waals surface area contributed by atoms with Gasteiger partial charge in [0.05, 0.1) is 4.90 Å². The molecule has 0 unspecified atom stereocenters. The topological polar surface area (TPSA) is 58.5 Å². The molecular formula is C18H26N2O2S. The summed E-state index contributed by atoms with van der Waals surface area (Å²) in [4.78, 5) is 2.76. The van der Waals surface area contributed by atoms with E-state index in [1.165, 1.54) is 32.1 Å². The van der Waals surface area contributed by atoms with E-state index in [1.54, 1.807) is 12.1 Å². The zero-order valence-electron chi connectivity index (χ0n) is 13.8. The molecule has 4 rings (SSSR count). The fraction of sp³-hybridized carbons (Fsp3) is 0.611. The van der Waals surface area contributed by atoms with Crippen molar-refractivity contribution >= 4 is 15.7 Å². The third kappa shape index (κ3) is 4.14. The van der Waals surface area contributed by atoms with Crippen molar-refractivity contribution in [2.75, 3.05) is 0 Å². The first-order valence-electron chi connectivity index (χ1n) is 8.69. The van der Waals surface area contributed by atoms with Gasteiger partial charge in [0.25, 0.3) is 10.0 Å². The molecule has 5 heteroatoms. The minimum atomic E-state index is -3.56. The predicted octanol–water partition coefficient (Wildman–Crippen LogP) is 4.01. The Balaban J connectivity index is 1.76. The zero-order valence-corrected chi connectivity index (χ0v) is 14.6. The summed E-state index contributed by atoms with van der Waals surface area (Å²) in [6, 6.07) is 6.88. The molecule has 0 aliphatic heterocycles. The lowest BCUT2D eigenvalue weighted by atomic mass is 9.78. The summed E-state index contributed by atoms with van der Waals surface area (Å²) in [5.41, 5.74) is 2.11. The van der Waals surface area contributed by atoms with E-state index in [-0.39, 0.29) is 4.90 Å². The highest BCUT2D eigenvalue weighted by molar-refractivity contribution is 7.89. The van der Waals surface area contributed by atoms with Crippen LogP contribution in [0.15, 0.2) is 34.3 Å². The maximum Gasteiger partial charge on any atom is 0.276 e. The van der Waals surface area contributed by atoms with Gasteiger partial charge in [-0.15, -0.1) is 0 Å². The fourth-order valence-corrected chi connectivity index (χ4v) is 4.59. The quantitative estimate of drug-likeness (QED) is 0.849. The van der Waals surface area contributed by atoms with Gasteiger partial charge < -0.3 is 0 Å². The summed E-state index contributed by atoms with van der Waals surface area (Å²) >= 11 is 0. The molecule has 3 aliphatic carbocycles. The van der Waals surface area contributed by atoms with Crippen LogP contribution in [0.1, 0.15) is 56.9 Å². The van der Waals surface area contributed by atoms with E-state index in [9.17, 15) is 8.42 Å². The van der Waals surface area contributed by atoms with Crippen molar-refractivity contribution in [3.63, 3.8) is 0 Å². The van der Waals surface area contributed by atoms with Gasteiger partial charge in [0.2, 0.25) is 0 Å². The Bertz CT molecular complexity index is 661. The molecule has 3 aliphatic rings. The van der Waals surface area contributed by atoms with Crippen molar-refractivity contribution in [2.45, 2.75) is 63.2 Å².